The molecule has 0 radical (unpaired) electrons. The van der Waals surface area contributed by atoms with Crippen LogP contribution in [0.2, 0.25) is 0 Å². The van der Waals surface area contributed by atoms with Crippen molar-refractivity contribution < 1.29 is 27.9 Å². The van der Waals surface area contributed by atoms with Gasteiger partial charge in [-0.3, -0.25) is 4.79 Å². The molecule has 1 saturated carbocycles. The number of sulfonamides is 1. The first kappa shape index (κ1) is 15.8. The van der Waals surface area contributed by atoms with E-state index < -0.39 is 22.6 Å². The SMILES string of the molecule is O=C(O)COc1ccc(S(=O)(=O)N2CC(=O)N(C3CC3)C2)cc1. The van der Waals surface area contributed by atoms with Gasteiger partial charge in [-0.1, -0.05) is 0 Å². The van der Waals surface area contributed by atoms with Gasteiger partial charge in [-0.15, -0.1) is 0 Å². The third-order valence-corrected chi connectivity index (χ3v) is 5.55. The van der Waals surface area contributed by atoms with Crippen LogP contribution < -0.4 is 4.74 Å². The van der Waals surface area contributed by atoms with E-state index in [0.29, 0.717) is 0 Å². The van der Waals surface area contributed by atoms with E-state index in [-0.39, 0.29) is 35.8 Å². The van der Waals surface area contributed by atoms with Gasteiger partial charge in [-0.2, -0.15) is 4.31 Å². The van der Waals surface area contributed by atoms with Crippen LogP contribution >= 0.6 is 0 Å². The van der Waals surface area contributed by atoms with E-state index in [9.17, 15) is 18.0 Å². The summed E-state index contributed by atoms with van der Waals surface area (Å²) in [5.74, 6) is -1.02. The number of carboxylic acid groups (broad SMARTS) is 1. The maximum atomic E-state index is 12.6. The molecular formula is C14H16N2O6S. The van der Waals surface area contributed by atoms with Crippen LogP contribution in [0.5, 0.6) is 5.75 Å². The molecule has 1 aliphatic heterocycles. The van der Waals surface area contributed by atoms with Gasteiger partial charge in [0.05, 0.1) is 18.1 Å². The van der Waals surface area contributed by atoms with Crippen molar-refractivity contribution in [3.8, 4) is 5.75 Å². The number of carbonyl (C=O) groups excluding carboxylic acids is 1. The molecule has 0 bridgehead atoms. The fraction of sp³-hybridized carbons (Fsp3) is 0.429. The van der Waals surface area contributed by atoms with Crippen molar-refractivity contribution in [2.75, 3.05) is 19.8 Å². The second kappa shape index (κ2) is 5.82. The van der Waals surface area contributed by atoms with E-state index >= 15 is 0 Å². The highest BCUT2D eigenvalue weighted by Gasteiger charge is 2.42. The highest BCUT2D eigenvalue weighted by atomic mass is 32.2. The summed E-state index contributed by atoms with van der Waals surface area (Å²) < 4.78 is 31.2. The number of hydrogen-bond acceptors (Lipinski definition) is 5. The van der Waals surface area contributed by atoms with Crippen molar-refractivity contribution in [2.24, 2.45) is 0 Å². The van der Waals surface area contributed by atoms with E-state index in [4.69, 9.17) is 9.84 Å². The quantitative estimate of drug-likeness (QED) is 0.788. The number of ether oxygens (including phenoxy) is 1. The zero-order chi connectivity index (χ0) is 16.6. The normalized spacial score (nSPS) is 19.1. The molecule has 1 aromatic rings. The summed E-state index contributed by atoms with van der Waals surface area (Å²) in [7, 11) is -3.76. The van der Waals surface area contributed by atoms with Crippen LogP contribution in [-0.4, -0.2) is 60.5 Å². The summed E-state index contributed by atoms with van der Waals surface area (Å²) in [5, 5.41) is 8.54. The van der Waals surface area contributed by atoms with E-state index in [1.807, 2.05) is 0 Å². The van der Waals surface area contributed by atoms with Crippen LogP contribution in [0.1, 0.15) is 12.8 Å². The van der Waals surface area contributed by atoms with Crippen LogP contribution in [0.15, 0.2) is 29.2 Å². The molecule has 2 fully saturated rings. The molecule has 3 rings (SSSR count). The zero-order valence-corrected chi connectivity index (χ0v) is 13.0. The van der Waals surface area contributed by atoms with E-state index in [0.717, 1.165) is 17.1 Å². The fourth-order valence-corrected chi connectivity index (χ4v) is 3.74. The molecule has 1 amide bonds. The Balaban J connectivity index is 1.72. The summed E-state index contributed by atoms with van der Waals surface area (Å²) >= 11 is 0. The van der Waals surface area contributed by atoms with Gasteiger partial charge in [0.25, 0.3) is 0 Å². The Morgan fingerprint density at radius 2 is 1.91 bits per heavy atom. The summed E-state index contributed by atoms with van der Waals surface area (Å²) in [6.07, 6.45) is 1.85. The van der Waals surface area contributed by atoms with Crippen LogP contribution in [-0.2, 0) is 19.6 Å². The predicted octanol–water partition coefficient (Wildman–Crippen LogP) is 0.103. The molecule has 1 aromatic carbocycles. The number of benzene rings is 1. The molecule has 0 spiro atoms. The highest BCUT2D eigenvalue weighted by molar-refractivity contribution is 7.89. The number of carbonyl (C=O) groups is 2. The van der Waals surface area contributed by atoms with Crippen molar-refractivity contribution in [1.82, 2.24) is 9.21 Å². The smallest absolute Gasteiger partial charge is 0.341 e. The fourth-order valence-electron chi connectivity index (χ4n) is 2.41. The molecule has 1 heterocycles. The lowest BCUT2D eigenvalue weighted by Gasteiger charge is -2.17. The lowest BCUT2D eigenvalue weighted by Crippen LogP contribution is -2.32. The molecule has 0 atom stereocenters. The lowest BCUT2D eigenvalue weighted by molar-refractivity contribution is -0.139. The van der Waals surface area contributed by atoms with Crippen molar-refractivity contribution in [3.63, 3.8) is 0 Å². The molecule has 1 aliphatic carbocycles. The second-order valence-electron chi connectivity index (χ2n) is 5.50. The van der Waals surface area contributed by atoms with Crippen LogP contribution in [0.25, 0.3) is 0 Å². The van der Waals surface area contributed by atoms with Gasteiger partial charge in [0.15, 0.2) is 6.61 Å². The second-order valence-corrected chi connectivity index (χ2v) is 7.44. The van der Waals surface area contributed by atoms with Crippen LogP contribution in [0.4, 0.5) is 0 Å². The maximum Gasteiger partial charge on any atom is 0.341 e. The number of nitrogens with zero attached hydrogens (tertiary/aromatic N) is 2. The van der Waals surface area contributed by atoms with Gasteiger partial charge in [0.2, 0.25) is 15.9 Å². The van der Waals surface area contributed by atoms with Crippen LogP contribution in [0, 0.1) is 0 Å². The Morgan fingerprint density at radius 1 is 1.26 bits per heavy atom. The van der Waals surface area contributed by atoms with Gasteiger partial charge in [-0.05, 0) is 37.1 Å². The largest absolute Gasteiger partial charge is 0.482 e. The zero-order valence-electron chi connectivity index (χ0n) is 12.2. The minimum absolute atomic E-state index is 0.0469. The first-order valence-electron chi connectivity index (χ1n) is 7.12. The molecule has 2 aliphatic rings. The van der Waals surface area contributed by atoms with Gasteiger partial charge in [-0.25, -0.2) is 13.2 Å². The van der Waals surface area contributed by atoms with Crippen molar-refractivity contribution in [1.29, 1.82) is 0 Å². The summed E-state index contributed by atoms with van der Waals surface area (Å²) in [4.78, 5) is 24.0. The number of rotatable bonds is 6. The van der Waals surface area contributed by atoms with Gasteiger partial charge in [0.1, 0.15) is 5.75 Å². The predicted molar refractivity (Wildman–Crippen MR) is 78.2 cm³/mol. The molecule has 9 heteroatoms. The monoisotopic (exact) mass is 340 g/mol. The maximum absolute atomic E-state index is 12.6. The number of hydrogen-bond donors (Lipinski definition) is 1. The number of aliphatic carboxylic acids is 1. The van der Waals surface area contributed by atoms with Gasteiger partial charge >= 0.3 is 5.97 Å². The topological polar surface area (TPSA) is 104 Å². The Hall–Kier alpha value is -2.13. The number of carboxylic acids is 1. The standard InChI is InChI=1S/C14H16N2O6S/c17-13-7-15(9-16(13)10-1-2-10)23(20,21)12-5-3-11(4-6-12)22-8-14(18)19/h3-6,10H,1-2,7-9H2,(H,18,19). The molecule has 0 aromatic heterocycles. The first-order chi connectivity index (χ1) is 10.9. The Kier molecular flexibility index (Phi) is 3.99. The van der Waals surface area contributed by atoms with Crippen molar-refractivity contribution >= 4 is 21.9 Å². The first-order valence-corrected chi connectivity index (χ1v) is 8.56. The molecule has 0 unspecified atom stereocenters. The van der Waals surface area contributed by atoms with Gasteiger partial charge in [0, 0.05) is 6.04 Å². The lowest BCUT2D eigenvalue weighted by atomic mass is 10.3. The molecule has 8 nitrogen and oxygen atoms in total. The molecule has 124 valence electrons. The third-order valence-electron chi connectivity index (χ3n) is 3.75. The highest BCUT2D eigenvalue weighted by Crippen LogP contribution is 2.31. The van der Waals surface area contributed by atoms with Crippen LogP contribution in [0.3, 0.4) is 0 Å². The summed E-state index contributed by atoms with van der Waals surface area (Å²) in [6.45, 7) is -0.553. The molecule has 1 N–H and O–H groups in total. The van der Waals surface area contributed by atoms with E-state index in [1.54, 1.807) is 4.90 Å². The van der Waals surface area contributed by atoms with E-state index in [1.165, 1.54) is 24.3 Å². The van der Waals surface area contributed by atoms with Gasteiger partial charge < -0.3 is 14.7 Å². The average molecular weight is 340 g/mol. The minimum atomic E-state index is -3.76. The molecule has 1 saturated heterocycles. The minimum Gasteiger partial charge on any atom is -0.482 e. The van der Waals surface area contributed by atoms with E-state index in [2.05, 4.69) is 0 Å². The average Bonchev–Trinajstić information content (AvgIpc) is 3.27. The Bertz CT molecular complexity index is 726. The summed E-state index contributed by atoms with van der Waals surface area (Å²) in [5.41, 5.74) is 0. The summed E-state index contributed by atoms with van der Waals surface area (Å²) in [6, 6.07) is 5.65. The third kappa shape index (κ3) is 3.30. The molecular weight excluding hydrogens is 324 g/mol. The Morgan fingerprint density at radius 3 is 2.48 bits per heavy atom. The van der Waals surface area contributed by atoms with Crippen molar-refractivity contribution in [2.45, 2.75) is 23.8 Å². The Labute approximate surface area is 133 Å². The molecule has 23 heavy (non-hydrogen) atoms. The van der Waals surface area contributed by atoms with Crippen molar-refractivity contribution in [3.05, 3.63) is 24.3 Å². The number of amides is 1.